The van der Waals surface area contributed by atoms with Gasteiger partial charge in [0.2, 0.25) is 10.9 Å². The van der Waals surface area contributed by atoms with Gasteiger partial charge in [0.05, 0.1) is 20.4 Å². The molecule has 3 rings (SSSR count). The van der Waals surface area contributed by atoms with Crippen molar-refractivity contribution in [3.05, 3.63) is 53.9 Å². The van der Waals surface area contributed by atoms with E-state index in [0.717, 1.165) is 5.75 Å². The van der Waals surface area contributed by atoms with Gasteiger partial charge in [-0.3, -0.25) is 0 Å². The molecule has 2 aromatic carbocycles. The lowest BCUT2D eigenvalue weighted by molar-refractivity contribution is 0.290. The maximum Gasteiger partial charge on any atom is 0.211 e. The third-order valence-corrected chi connectivity index (χ3v) is 4.41. The van der Waals surface area contributed by atoms with Crippen LogP contribution in [0.2, 0.25) is 0 Å². The summed E-state index contributed by atoms with van der Waals surface area (Å²) in [5.41, 5.74) is 0.683. The van der Waals surface area contributed by atoms with Crippen LogP contribution >= 0.6 is 11.8 Å². The first kappa shape index (κ1) is 19.6. The monoisotopic (exact) mass is 400 g/mol. The highest BCUT2D eigenvalue weighted by molar-refractivity contribution is 7.98. The summed E-state index contributed by atoms with van der Waals surface area (Å²) in [7, 11) is 2.94. The van der Waals surface area contributed by atoms with Crippen LogP contribution in [-0.2, 0) is 6.61 Å². The summed E-state index contributed by atoms with van der Waals surface area (Å²) >= 11 is 1.42. The molecule has 0 saturated heterocycles. The van der Waals surface area contributed by atoms with E-state index >= 15 is 0 Å². The average molecular weight is 400 g/mol. The zero-order valence-corrected chi connectivity index (χ0v) is 16.5. The summed E-state index contributed by atoms with van der Waals surface area (Å²) in [5, 5.41) is 23.4. The van der Waals surface area contributed by atoms with Crippen LogP contribution in [0.1, 0.15) is 11.4 Å². The van der Waals surface area contributed by atoms with Crippen molar-refractivity contribution in [2.24, 2.45) is 5.10 Å². The molecular formula is C19H20N4O4S. The molecule has 0 aliphatic carbocycles. The van der Waals surface area contributed by atoms with Gasteiger partial charge in [-0.1, -0.05) is 30.0 Å². The number of para-hydroxylation sites is 1. The highest BCUT2D eigenvalue weighted by atomic mass is 32.2. The van der Waals surface area contributed by atoms with Crippen LogP contribution < -0.4 is 14.2 Å². The summed E-state index contributed by atoms with van der Waals surface area (Å²) in [6.45, 7) is 0.219. The van der Waals surface area contributed by atoms with E-state index in [1.165, 1.54) is 26.0 Å². The van der Waals surface area contributed by atoms with E-state index in [-0.39, 0.29) is 12.4 Å². The first-order valence-corrected chi connectivity index (χ1v) is 9.54. The molecule has 0 radical (unpaired) electrons. The Morgan fingerprint density at radius 1 is 1.11 bits per heavy atom. The van der Waals surface area contributed by atoms with Gasteiger partial charge in [0, 0.05) is 5.56 Å². The summed E-state index contributed by atoms with van der Waals surface area (Å²) in [6, 6.07) is 12.8. The molecule has 1 aromatic heterocycles. The van der Waals surface area contributed by atoms with Gasteiger partial charge in [-0.05, 0) is 30.5 Å². The number of thioether (sulfide) groups is 1. The summed E-state index contributed by atoms with van der Waals surface area (Å²) in [5.74, 6) is 1.82. The summed E-state index contributed by atoms with van der Waals surface area (Å²) in [6.07, 6.45) is 3.50. The number of rotatable bonds is 8. The number of benzene rings is 2. The molecule has 0 fully saturated rings. The second-order valence-electron chi connectivity index (χ2n) is 5.54. The van der Waals surface area contributed by atoms with Gasteiger partial charge in [0.1, 0.15) is 12.4 Å². The molecule has 146 valence electrons. The van der Waals surface area contributed by atoms with Gasteiger partial charge in [0.25, 0.3) is 0 Å². The van der Waals surface area contributed by atoms with E-state index in [2.05, 4.69) is 15.3 Å². The fraction of sp³-hybridized carbons (Fsp3) is 0.211. The van der Waals surface area contributed by atoms with Crippen LogP contribution in [0.4, 0.5) is 0 Å². The SMILES string of the molecule is COc1cc(/C=N\n2c(COc3ccccc3)nnc2SC)cc(OC)c1O. The number of aromatic nitrogens is 3. The Morgan fingerprint density at radius 2 is 1.79 bits per heavy atom. The second-order valence-corrected chi connectivity index (χ2v) is 6.31. The number of phenols is 1. The first-order chi connectivity index (χ1) is 13.7. The molecule has 0 spiro atoms. The minimum atomic E-state index is -0.0619. The van der Waals surface area contributed by atoms with Gasteiger partial charge in [0.15, 0.2) is 17.3 Å². The number of hydrogen-bond acceptors (Lipinski definition) is 8. The van der Waals surface area contributed by atoms with Crippen molar-refractivity contribution in [2.75, 3.05) is 20.5 Å². The summed E-state index contributed by atoms with van der Waals surface area (Å²) < 4.78 is 17.7. The molecular weight excluding hydrogens is 380 g/mol. The van der Waals surface area contributed by atoms with Crippen LogP contribution in [0.25, 0.3) is 0 Å². The van der Waals surface area contributed by atoms with Crippen LogP contribution in [-0.4, -0.2) is 46.7 Å². The van der Waals surface area contributed by atoms with Gasteiger partial charge in [-0.2, -0.15) is 9.78 Å². The number of hydrogen-bond donors (Lipinski definition) is 1. The number of methoxy groups -OCH3 is 2. The molecule has 0 amide bonds. The van der Waals surface area contributed by atoms with Gasteiger partial charge < -0.3 is 19.3 Å². The lowest BCUT2D eigenvalue weighted by atomic mass is 10.2. The van der Waals surface area contributed by atoms with Crippen molar-refractivity contribution < 1.29 is 19.3 Å². The van der Waals surface area contributed by atoms with Crippen molar-refractivity contribution in [1.29, 1.82) is 0 Å². The van der Waals surface area contributed by atoms with Crippen molar-refractivity contribution >= 4 is 18.0 Å². The Labute approximate surface area is 166 Å². The fourth-order valence-corrected chi connectivity index (χ4v) is 2.85. The normalized spacial score (nSPS) is 11.0. The minimum absolute atomic E-state index is 0.0619. The highest BCUT2D eigenvalue weighted by Crippen LogP contribution is 2.36. The van der Waals surface area contributed by atoms with Crippen LogP contribution in [0.3, 0.4) is 0 Å². The third kappa shape index (κ3) is 4.37. The summed E-state index contributed by atoms with van der Waals surface area (Å²) in [4.78, 5) is 0. The van der Waals surface area contributed by atoms with E-state index in [9.17, 15) is 5.11 Å². The topological polar surface area (TPSA) is 91.0 Å². The van der Waals surface area contributed by atoms with Crippen LogP contribution in [0.15, 0.2) is 52.7 Å². The van der Waals surface area contributed by atoms with E-state index in [1.54, 1.807) is 23.0 Å². The standard InChI is InChI=1S/C19H20N4O4S/c1-25-15-9-13(10-16(26-2)18(15)24)11-20-23-17(21-22-19(23)28-3)12-27-14-7-5-4-6-8-14/h4-11,24H,12H2,1-3H3/b20-11-. The van der Waals surface area contributed by atoms with Gasteiger partial charge in [-0.15, -0.1) is 10.2 Å². The molecule has 8 nitrogen and oxygen atoms in total. The van der Waals surface area contributed by atoms with E-state index in [1.807, 2.05) is 36.6 Å². The number of nitrogens with zero attached hydrogens (tertiary/aromatic N) is 4. The predicted octanol–water partition coefficient (Wildman–Crippen LogP) is 3.18. The smallest absolute Gasteiger partial charge is 0.211 e. The minimum Gasteiger partial charge on any atom is -0.502 e. The molecule has 1 N–H and O–H groups in total. The molecule has 0 aliphatic heterocycles. The zero-order valence-electron chi connectivity index (χ0n) is 15.7. The van der Waals surface area contributed by atoms with Crippen molar-refractivity contribution in [2.45, 2.75) is 11.8 Å². The predicted molar refractivity (Wildman–Crippen MR) is 107 cm³/mol. The largest absolute Gasteiger partial charge is 0.502 e. The first-order valence-electron chi connectivity index (χ1n) is 8.31. The molecule has 28 heavy (non-hydrogen) atoms. The Balaban J connectivity index is 1.86. The maximum atomic E-state index is 10.0. The van der Waals surface area contributed by atoms with E-state index in [4.69, 9.17) is 14.2 Å². The lowest BCUT2D eigenvalue weighted by Crippen LogP contribution is -2.05. The zero-order chi connectivity index (χ0) is 19.9. The lowest BCUT2D eigenvalue weighted by Gasteiger charge is -2.09. The number of ether oxygens (including phenoxy) is 3. The molecule has 0 bridgehead atoms. The van der Waals surface area contributed by atoms with Crippen LogP contribution in [0, 0.1) is 0 Å². The van der Waals surface area contributed by atoms with Crippen molar-refractivity contribution in [3.8, 4) is 23.0 Å². The Kier molecular flexibility index (Phi) is 6.38. The fourth-order valence-electron chi connectivity index (χ4n) is 2.41. The average Bonchev–Trinajstić information content (AvgIpc) is 3.14. The molecule has 1 heterocycles. The van der Waals surface area contributed by atoms with E-state index in [0.29, 0.717) is 28.0 Å². The molecule has 3 aromatic rings. The molecule has 0 aliphatic rings. The molecule has 0 atom stereocenters. The highest BCUT2D eigenvalue weighted by Gasteiger charge is 2.13. The Morgan fingerprint density at radius 3 is 2.39 bits per heavy atom. The van der Waals surface area contributed by atoms with Crippen molar-refractivity contribution in [1.82, 2.24) is 14.9 Å². The Bertz CT molecular complexity index is 935. The van der Waals surface area contributed by atoms with Crippen LogP contribution in [0.5, 0.6) is 23.0 Å². The van der Waals surface area contributed by atoms with Crippen molar-refractivity contribution in [3.63, 3.8) is 0 Å². The second kappa shape index (κ2) is 9.14. The Hall–Kier alpha value is -3.20. The molecule has 9 heteroatoms. The maximum absolute atomic E-state index is 10.0. The molecule has 0 unspecified atom stereocenters. The molecule has 0 saturated carbocycles. The number of phenolic OH excluding ortho intramolecular Hbond substituents is 1. The quantitative estimate of drug-likeness (QED) is 0.459. The van der Waals surface area contributed by atoms with E-state index < -0.39 is 0 Å². The van der Waals surface area contributed by atoms with Gasteiger partial charge in [-0.25, -0.2) is 0 Å². The number of aromatic hydroxyl groups is 1. The van der Waals surface area contributed by atoms with Gasteiger partial charge >= 0.3 is 0 Å². The third-order valence-electron chi connectivity index (χ3n) is 3.79.